The molecule has 1 aliphatic rings. The zero-order valence-electron chi connectivity index (χ0n) is 11.2. The van der Waals surface area contributed by atoms with Crippen LogP contribution in [0.2, 0.25) is 0 Å². The highest BCUT2D eigenvalue weighted by Crippen LogP contribution is 2.23. The molecule has 1 N–H and O–H groups in total. The maximum absolute atomic E-state index is 12.1. The van der Waals surface area contributed by atoms with Crippen LogP contribution in [0.5, 0.6) is 0 Å². The summed E-state index contributed by atoms with van der Waals surface area (Å²) in [5.41, 5.74) is 0.104. The van der Waals surface area contributed by atoms with Crippen molar-refractivity contribution >= 4 is 5.91 Å². The Bertz CT molecular complexity index is 231. The van der Waals surface area contributed by atoms with Gasteiger partial charge < -0.3 is 10.2 Å². The van der Waals surface area contributed by atoms with E-state index in [0.29, 0.717) is 18.2 Å². The summed E-state index contributed by atoms with van der Waals surface area (Å²) in [5.74, 6) is 0.968. The Labute approximate surface area is 99.6 Å². The maximum Gasteiger partial charge on any atom is 0.223 e. The molecule has 0 spiro atoms. The van der Waals surface area contributed by atoms with Crippen LogP contribution in [-0.4, -0.2) is 37.5 Å². The minimum absolute atomic E-state index is 0.104. The maximum atomic E-state index is 12.1. The molecule has 3 heteroatoms. The van der Waals surface area contributed by atoms with Crippen molar-refractivity contribution in [2.24, 2.45) is 11.3 Å². The van der Waals surface area contributed by atoms with Crippen LogP contribution in [0.25, 0.3) is 0 Å². The van der Waals surface area contributed by atoms with E-state index in [9.17, 15) is 4.79 Å². The molecule has 0 radical (unpaired) electrons. The molecule has 1 fully saturated rings. The van der Waals surface area contributed by atoms with Crippen LogP contribution in [0, 0.1) is 11.3 Å². The standard InChI is InChI=1S/C13H26N2O/c1-13(2,3)8-12(16)15-7-5-6-11(10-15)9-14-4/h11,14H,5-10H2,1-4H3. The molecule has 1 atom stereocenters. The van der Waals surface area contributed by atoms with Gasteiger partial charge in [0.15, 0.2) is 0 Å². The summed E-state index contributed by atoms with van der Waals surface area (Å²) in [7, 11) is 1.98. The molecule has 0 aromatic heterocycles. The van der Waals surface area contributed by atoms with Gasteiger partial charge in [0, 0.05) is 19.5 Å². The summed E-state index contributed by atoms with van der Waals surface area (Å²) in [6, 6.07) is 0. The van der Waals surface area contributed by atoms with Gasteiger partial charge in [0.05, 0.1) is 0 Å². The highest BCUT2D eigenvalue weighted by Gasteiger charge is 2.25. The number of piperidine rings is 1. The molecular weight excluding hydrogens is 200 g/mol. The summed E-state index contributed by atoms with van der Waals surface area (Å²) >= 11 is 0. The second kappa shape index (κ2) is 5.67. The molecule has 3 nitrogen and oxygen atoms in total. The first kappa shape index (κ1) is 13.5. The van der Waals surface area contributed by atoms with E-state index in [1.807, 2.05) is 7.05 Å². The Kier molecular flexibility index (Phi) is 4.78. The van der Waals surface area contributed by atoms with E-state index in [4.69, 9.17) is 0 Å². The SMILES string of the molecule is CNCC1CCCN(C(=O)CC(C)(C)C)C1. The predicted molar refractivity (Wildman–Crippen MR) is 67.3 cm³/mol. The number of hydrogen-bond acceptors (Lipinski definition) is 2. The first-order valence-electron chi connectivity index (χ1n) is 6.35. The first-order chi connectivity index (χ1) is 7.42. The van der Waals surface area contributed by atoms with Crippen molar-refractivity contribution in [3.8, 4) is 0 Å². The van der Waals surface area contributed by atoms with Gasteiger partial charge in [-0.05, 0) is 37.8 Å². The topological polar surface area (TPSA) is 32.3 Å². The van der Waals surface area contributed by atoms with Gasteiger partial charge >= 0.3 is 0 Å². The number of rotatable bonds is 3. The summed E-state index contributed by atoms with van der Waals surface area (Å²) in [5, 5.41) is 3.21. The third-order valence-corrected chi connectivity index (χ3v) is 3.05. The monoisotopic (exact) mass is 226 g/mol. The van der Waals surface area contributed by atoms with E-state index in [-0.39, 0.29) is 5.41 Å². The molecule has 0 aromatic carbocycles. The van der Waals surface area contributed by atoms with Gasteiger partial charge in [-0.3, -0.25) is 4.79 Å². The van der Waals surface area contributed by atoms with Crippen LogP contribution < -0.4 is 5.32 Å². The van der Waals surface area contributed by atoms with Gasteiger partial charge in [0.2, 0.25) is 5.91 Å². The van der Waals surface area contributed by atoms with Crippen molar-refractivity contribution in [1.82, 2.24) is 10.2 Å². The van der Waals surface area contributed by atoms with Gasteiger partial charge in [-0.15, -0.1) is 0 Å². The molecule has 1 heterocycles. The number of likely N-dealkylation sites (tertiary alicyclic amines) is 1. The van der Waals surface area contributed by atoms with E-state index in [0.717, 1.165) is 26.1 Å². The molecule has 0 aliphatic carbocycles. The highest BCUT2D eigenvalue weighted by atomic mass is 16.2. The second-order valence-electron chi connectivity index (χ2n) is 6.14. The Morgan fingerprint density at radius 2 is 2.12 bits per heavy atom. The molecule has 1 rings (SSSR count). The number of nitrogens with one attached hydrogen (secondary N) is 1. The van der Waals surface area contributed by atoms with Gasteiger partial charge in [0.25, 0.3) is 0 Å². The van der Waals surface area contributed by atoms with Crippen molar-refractivity contribution in [1.29, 1.82) is 0 Å². The van der Waals surface area contributed by atoms with Crippen molar-refractivity contribution in [2.75, 3.05) is 26.7 Å². The van der Waals surface area contributed by atoms with Gasteiger partial charge in [-0.25, -0.2) is 0 Å². The molecule has 16 heavy (non-hydrogen) atoms. The minimum Gasteiger partial charge on any atom is -0.342 e. The summed E-state index contributed by atoms with van der Waals surface area (Å²) < 4.78 is 0. The fourth-order valence-electron chi connectivity index (χ4n) is 2.31. The van der Waals surface area contributed by atoms with Crippen LogP contribution in [0.1, 0.15) is 40.0 Å². The van der Waals surface area contributed by atoms with E-state index in [1.165, 1.54) is 6.42 Å². The fraction of sp³-hybridized carbons (Fsp3) is 0.923. The highest BCUT2D eigenvalue weighted by molar-refractivity contribution is 5.76. The fourth-order valence-corrected chi connectivity index (χ4v) is 2.31. The molecule has 1 aliphatic heterocycles. The number of carbonyl (C=O) groups excluding carboxylic acids is 1. The normalized spacial score (nSPS) is 22.2. The lowest BCUT2D eigenvalue weighted by Gasteiger charge is -2.34. The molecule has 0 bridgehead atoms. The lowest BCUT2D eigenvalue weighted by atomic mass is 9.90. The van der Waals surface area contributed by atoms with E-state index >= 15 is 0 Å². The Morgan fingerprint density at radius 3 is 2.69 bits per heavy atom. The lowest BCUT2D eigenvalue weighted by molar-refractivity contribution is -0.134. The van der Waals surface area contributed by atoms with Crippen molar-refractivity contribution in [2.45, 2.75) is 40.0 Å². The molecule has 0 aromatic rings. The molecular formula is C13H26N2O. The van der Waals surface area contributed by atoms with E-state index in [1.54, 1.807) is 0 Å². The zero-order valence-corrected chi connectivity index (χ0v) is 11.2. The number of carbonyl (C=O) groups is 1. The van der Waals surface area contributed by atoms with Gasteiger partial charge in [0.1, 0.15) is 0 Å². The van der Waals surface area contributed by atoms with Crippen LogP contribution in [-0.2, 0) is 4.79 Å². The largest absolute Gasteiger partial charge is 0.342 e. The second-order valence-corrected chi connectivity index (χ2v) is 6.14. The van der Waals surface area contributed by atoms with E-state index < -0.39 is 0 Å². The Morgan fingerprint density at radius 1 is 1.44 bits per heavy atom. The predicted octanol–water partition coefficient (Wildman–Crippen LogP) is 1.88. The van der Waals surface area contributed by atoms with Gasteiger partial charge in [-0.1, -0.05) is 20.8 Å². The first-order valence-corrected chi connectivity index (χ1v) is 6.35. The van der Waals surface area contributed by atoms with Crippen molar-refractivity contribution < 1.29 is 4.79 Å². The third kappa shape index (κ3) is 4.52. The third-order valence-electron chi connectivity index (χ3n) is 3.05. The number of amides is 1. The van der Waals surface area contributed by atoms with Gasteiger partial charge in [-0.2, -0.15) is 0 Å². The summed E-state index contributed by atoms with van der Waals surface area (Å²) in [6.07, 6.45) is 3.07. The number of hydrogen-bond donors (Lipinski definition) is 1. The van der Waals surface area contributed by atoms with Crippen LogP contribution in [0.3, 0.4) is 0 Å². The smallest absolute Gasteiger partial charge is 0.223 e. The minimum atomic E-state index is 0.104. The molecule has 0 saturated carbocycles. The number of nitrogens with zero attached hydrogens (tertiary/aromatic N) is 1. The molecule has 1 unspecified atom stereocenters. The van der Waals surface area contributed by atoms with E-state index in [2.05, 4.69) is 31.0 Å². The van der Waals surface area contributed by atoms with Crippen LogP contribution in [0.4, 0.5) is 0 Å². The van der Waals surface area contributed by atoms with Crippen LogP contribution >= 0.6 is 0 Å². The van der Waals surface area contributed by atoms with Crippen molar-refractivity contribution in [3.63, 3.8) is 0 Å². The molecule has 94 valence electrons. The quantitative estimate of drug-likeness (QED) is 0.797. The average molecular weight is 226 g/mol. The zero-order chi connectivity index (χ0) is 12.2. The molecule has 1 amide bonds. The average Bonchev–Trinajstić information content (AvgIpc) is 2.16. The Balaban J connectivity index is 2.44. The van der Waals surface area contributed by atoms with Crippen molar-refractivity contribution in [3.05, 3.63) is 0 Å². The lowest BCUT2D eigenvalue weighted by Crippen LogP contribution is -2.43. The van der Waals surface area contributed by atoms with Crippen LogP contribution in [0.15, 0.2) is 0 Å². The molecule has 1 saturated heterocycles. The Hall–Kier alpha value is -0.570. The summed E-state index contributed by atoms with van der Waals surface area (Å²) in [6.45, 7) is 9.30. The summed E-state index contributed by atoms with van der Waals surface area (Å²) in [4.78, 5) is 14.1.